The van der Waals surface area contributed by atoms with Gasteiger partial charge >= 0.3 is 12.4 Å². The second-order valence-corrected chi connectivity index (χ2v) is 13.3. The predicted octanol–water partition coefficient (Wildman–Crippen LogP) is 8.37. The Bertz CT molecular complexity index is 1690. The summed E-state index contributed by atoms with van der Waals surface area (Å²) in [5.74, 6) is -2.54. The number of carbonyl (C=O) groups is 2. The lowest BCUT2D eigenvalue weighted by Crippen LogP contribution is -2.48. The first-order chi connectivity index (χ1) is 25.3. The number of hydrogen-bond acceptors (Lipinski definition) is 6. The highest BCUT2D eigenvalue weighted by Crippen LogP contribution is 2.45. The monoisotopic (exact) mass is 773 g/mol. The number of ether oxygens (including phenoxy) is 1. The van der Waals surface area contributed by atoms with Crippen LogP contribution in [0, 0.1) is 17.7 Å². The van der Waals surface area contributed by atoms with Crippen molar-refractivity contribution < 1.29 is 49.4 Å². The number of guanidine groups is 1. The first-order valence-corrected chi connectivity index (χ1v) is 17.5. The highest BCUT2D eigenvalue weighted by molar-refractivity contribution is 6.07. The molecule has 2 amide bonds. The van der Waals surface area contributed by atoms with Gasteiger partial charge in [0.2, 0.25) is 0 Å². The van der Waals surface area contributed by atoms with Gasteiger partial charge in [0, 0.05) is 32.0 Å². The molecule has 3 heterocycles. The van der Waals surface area contributed by atoms with E-state index >= 15 is 0 Å². The Morgan fingerprint density at radius 1 is 1.06 bits per heavy atom. The van der Waals surface area contributed by atoms with E-state index in [1.165, 1.54) is 35.2 Å². The summed E-state index contributed by atoms with van der Waals surface area (Å²) in [6.07, 6.45) is -8.68. The smallest absolute Gasteiger partial charge is 0.381 e. The van der Waals surface area contributed by atoms with Gasteiger partial charge in [-0.2, -0.15) is 26.3 Å². The molecular formula is C38H47F8N5O3. The highest BCUT2D eigenvalue weighted by Gasteiger charge is 2.53. The number of benzene rings is 2. The van der Waals surface area contributed by atoms with Crippen LogP contribution in [-0.2, 0) is 21.2 Å². The normalized spacial score (nSPS) is 21.0. The van der Waals surface area contributed by atoms with Crippen molar-refractivity contribution in [3.63, 3.8) is 0 Å². The molecule has 3 aliphatic rings. The van der Waals surface area contributed by atoms with E-state index in [-0.39, 0.29) is 55.0 Å². The van der Waals surface area contributed by atoms with Crippen molar-refractivity contribution in [3.05, 3.63) is 95.1 Å². The number of rotatable bonds is 9. The van der Waals surface area contributed by atoms with Gasteiger partial charge in [-0.05, 0) is 66.5 Å². The van der Waals surface area contributed by atoms with E-state index in [0.29, 0.717) is 32.4 Å². The minimum Gasteiger partial charge on any atom is -0.381 e. The average molecular weight is 774 g/mol. The molecule has 2 aromatic carbocycles. The number of allylic oxidation sites excluding steroid dienone is 1. The molecule has 0 saturated carbocycles. The third-order valence-corrected chi connectivity index (χ3v) is 9.31. The van der Waals surface area contributed by atoms with Gasteiger partial charge in [-0.3, -0.25) is 18.9 Å². The first-order valence-electron chi connectivity index (χ1n) is 17.5. The molecule has 0 bridgehead atoms. The van der Waals surface area contributed by atoms with Crippen molar-refractivity contribution in [3.8, 4) is 0 Å². The fourth-order valence-corrected chi connectivity index (χ4v) is 6.84. The zero-order chi connectivity index (χ0) is 40.8. The molecule has 0 aromatic heterocycles. The van der Waals surface area contributed by atoms with E-state index in [4.69, 9.17) is 10.5 Å². The van der Waals surface area contributed by atoms with Gasteiger partial charge in [0.25, 0.3) is 11.8 Å². The Hall–Kier alpha value is -4.47. The molecule has 0 aliphatic carbocycles. The summed E-state index contributed by atoms with van der Waals surface area (Å²) in [5, 5.41) is 0. The van der Waals surface area contributed by atoms with Crippen molar-refractivity contribution in [1.82, 2.24) is 14.7 Å². The fraction of sp³-hybridized carbons (Fsp3) is 0.500. The first kappa shape index (κ1) is 43.9. The lowest BCUT2D eigenvalue weighted by molar-refractivity contribution is -0.138. The maximum Gasteiger partial charge on any atom is 0.430 e. The Morgan fingerprint density at radius 2 is 1.69 bits per heavy atom. The van der Waals surface area contributed by atoms with E-state index in [0.717, 1.165) is 21.9 Å². The standard InChI is InChI=1S/C35H38F7N5O3.C2H6.CH3F/c1-20(2)15-29(47-31(49)33(44-32(47)43,17-23-11-14-50-19-23)25-6-8-26(36)9-7-25)24-5-10-28(35(40,41)42)27(16-24)30(48)45-12-13-46(21(3)18-45)22(4)34(37,38)39;2*1-2/h5-10,16,20,23,29H,3-4,11-15,17-19H2,1-2H3,(H2,43,44);1-2H3;1H3/t23-,29?,33?;;/m0../s1. The van der Waals surface area contributed by atoms with Crippen molar-refractivity contribution in [2.45, 2.75) is 70.9 Å². The second kappa shape index (κ2) is 17.8. The molecule has 3 atom stereocenters. The molecule has 0 radical (unpaired) electrons. The number of alkyl halides is 7. The van der Waals surface area contributed by atoms with Crippen LogP contribution in [0.15, 0.2) is 72.0 Å². The van der Waals surface area contributed by atoms with Crippen LogP contribution in [0.5, 0.6) is 0 Å². The van der Waals surface area contributed by atoms with Crippen molar-refractivity contribution in [1.29, 1.82) is 0 Å². The minimum atomic E-state index is -4.97. The number of aliphatic imine (C=N–C) groups is 1. The Balaban J connectivity index is 0.00000190. The van der Waals surface area contributed by atoms with Gasteiger partial charge in [-0.1, -0.05) is 59.1 Å². The summed E-state index contributed by atoms with van der Waals surface area (Å²) < 4.78 is 112. The van der Waals surface area contributed by atoms with E-state index in [1.807, 2.05) is 27.7 Å². The zero-order valence-electron chi connectivity index (χ0n) is 31.0. The maximum absolute atomic E-state index is 14.6. The van der Waals surface area contributed by atoms with E-state index in [1.54, 1.807) is 0 Å². The SMILES string of the molecule is C=C1CN(C(=O)c2cc(C(CC(C)C)N3C(=O)C(C[C@@H]4CCOC4)(c4ccc(F)cc4)N=C3N)ccc2C(F)(F)F)CCN1C(=C)C(F)(F)F.CC.CF. The van der Waals surface area contributed by atoms with Gasteiger partial charge in [0.15, 0.2) is 11.5 Å². The minimum absolute atomic E-state index is 0.0807. The second-order valence-electron chi connectivity index (χ2n) is 13.3. The summed E-state index contributed by atoms with van der Waals surface area (Å²) in [7, 11) is 0.500. The van der Waals surface area contributed by atoms with E-state index < -0.39 is 64.9 Å². The molecule has 16 heteroatoms. The van der Waals surface area contributed by atoms with Crippen molar-refractivity contribution >= 4 is 17.8 Å². The van der Waals surface area contributed by atoms with Crippen LogP contribution < -0.4 is 5.73 Å². The topological polar surface area (TPSA) is 91.5 Å². The summed E-state index contributed by atoms with van der Waals surface area (Å²) in [6.45, 7) is 14.0. The summed E-state index contributed by atoms with van der Waals surface area (Å²) in [6, 6.07) is 7.34. The quantitative estimate of drug-likeness (QED) is 0.259. The molecule has 2 saturated heterocycles. The van der Waals surface area contributed by atoms with Crippen molar-refractivity contribution in [2.24, 2.45) is 22.6 Å². The third-order valence-electron chi connectivity index (χ3n) is 9.31. The molecule has 2 unspecified atom stereocenters. The fourth-order valence-electron chi connectivity index (χ4n) is 6.84. The highest BCUT2D eigenvalue weighted by atomic mass is 19.4. The molecule has 0 spiro atoms. The van der Waals surface area contributed by atoms with Gasteiger partial charge in [0.1, 0.15) is 11.5 Å². The number of piperazine rings is 1. The summed E-state index contributed by atoms with van der Waals surface area (Å²) in [4.78, 5) is 36.1. The van der Waals surface area contributed by atoms with Crippen LogP contribution >= 0.6 is 0 Å². The summed E-state index contributed by atoms with van der Waals surface area (Å²) in [5.41, 5.74) is 2.14. The van der Waals surface area contributed by atoms with Crippen LogP contribution in [0.4, 0.5) is 35.1 Å². The van der Waals surface area contributed by atoms with Gasteiger partial charge in [0.05, 0.1) is 30.9 Å². The predicted molar refractivity (Wildman–Crippen MR) is 189 cm³/mol. The molecular weight excluding hydrogens is 726 g/mol. The molecule has 2 aromatic rings. The number of nitrogens with two attached hydrogens (primary N) is 1. The Kier molecular flexibility index (Phi) is 14.5. The van der Waals surface area contributed by atoms with Crippen molar-refractivity contribution in [2.75, 3.05) is 40.0 Å². The van der Waals surface area contributed by atoms with Crippen LogP contribution in [0.1, 0.15) is 80.0 Å². The van der Waals surface area contributed by atoms with Gasteiger partial charge in [-0.25, -0.2) is 9.38 Å². The van der Waals surface area contributed by atoms with Gasteiger partial charge in [-0.15, -0.1) is 0 Å². The molecule has 54 heavy (non-hydrogen) atoms. The molecule has 298 valence electrons. The number of carbonyl (C=O) groups excluding carboxylic acids is 2. The van der Waals surface area contributed by atoms with Crippen LogP contribution in [-0.4, -0.2) is 78.7 Å². The number of nitrogens with zero attached hydrogens (tertiary/aromatic N) is 4. The van der Waals surface area contributed by atoms with Crippen LogP contribution in [0.25, 0.3) is 0 Å². The molecule has 8 nitrogen and oxygen atoms in total. The lowest BCUT2D eigenvalue weighted by atomic mass is 9.80. The molecule has 2 N–H and O–H groups in total. The number of halogens is 8. The average Bonchev–Trinajstić information content (AvgIpc) is 3.72. The zero-order valence-corrected chi connectivity index (χ0v) is 31.0. The van der Waals surface area contributed by atoms with Crippen LogP contribution in [0.3, 0.4) is 0 Å². The molecule has 5 rings (SSSR count). The Labute approximate surface area is 310 Å². The number of hydrogen-bond donors (Lipinski definition) is 1. The van der Waals surface area contributed by atoms with Gasteiger partial charge < -0.3 is 20.3 Å². The summed E-state index contributed by atoms with van der Waals surface area (Å²) >= 11 is 0. The maximum atomic E-state index is 14.6. The Morgan fingerprint density at radius 3 is 2.20 bits per heavy atom. The van der Waals surface area contributed by atoms with E-state index in [2.05, 4.69) is 18.2 Å². The molecule has 3 aliphatic heterocycles. The largest absolute Gasteiger partial charge is 0.430 e. The van der Waals surface area contributed by atoms with E-state index in [9.17, 15) is 44.7 Å². The third kappa shape index (κ3) is 9.42. The van der Waals surface area contributed by atoms with Crippen LogP contribution in [0.2, 0.25) is 0 Å². The lowest BCUT2D eigenvalue weighted by Gasteiger charge is -2.39. The number of amides is 2. The molecule has 2 fully saturated rings.